The summed E-state index contributed by atoms with van der Waals surface area (Å²) >= 11 is 9.15. The molecular formula is C14H10BrClN2O4. The van der Waals surface area contributed by atoms with Gasteiger partial charge in [0.1, 0.15) is 5.75 Å². The van der Waals surface area contributed by atoms with Crippen molar-refractivity contribution in [3.8, 4) is 11.5 Å². The third-order valence-corrected chi connectivity index (χ3v) is 3.52. The van der Waals surface area contributed by atoms with E-state index in [1.165, 1.54) is 25.5 Å². The predicted octanol–water partition coefficient (Wildman–Crippen LogP) is 4.48. The lowest BCUT2D eigenvalue weighted by Gasteiger charge is -2.04. The zero-order chi connectivity index (χ0) is 16.3. The number of methoxy groups -OCH3 is 1. The van der Waals surface area contributed by atoms with Crippen LogP contribution in [0.5, 0.6) is 11.5 Å². The van der Waals surface area contributed by atoms with Crippen LogP contribution in [-0.2, 0) is 0 Å². The van der Waals surface area contributed by atoms with E-state index < -0.39 is 16.4 Å². The van der Waals surface area contributed by atoms with E-state index in [0.717, 1.165) is 0 Å². The van der Waals surface area contributed by atoms with Crippen molar-refractivity contribution in [1.82, 2.24) is 0 Å². The second-order valence-electron chi connectivity index (χ2n) is 4.20. The summed E-state index contributed by atoms with van der Waals surface area (Å²) in [6.45, 7) is 0. The molecule has 2 aromatic rings. The topological polar surface area (TPSA) is 85.0 Å². The summed E-state index contributed by atoms with van der Waals surface area (Å²) in [5, 5.41) is 21.2. The van der Waals surface area contributed by atoms with Crippen molar-refractivity contribution in [1.29, 1.82) is 0 Å². The highest BCUT2D eigenvalue weighted by Crippen LogP contribution is 2.33. The van der Waals surface area contributed by atoms with E-state index in [1.54, 1.807) is 18.2 Å². The number of nitrogens with zero attached hydrogens (tertiary/aromatic N) is 2. The summed E-state index contributed by atoms with van der Waals surface area (Å²) in [5.41, 5.74) is 0.337. The third-order valence-electron chi connectivity index (χ3n) is 2.77. The largest absolute Gasteiger partial charge is 0.502 e. The average molecular weight is 386 g/mol. The number of nitro groups is 1. The van der Waals surface area contributed by atoms with Crippen LogP contribution in [0.25, 0.3) is 0 Å². The van der Waals surface area contributed by atoms with E-state index in [-0.39, 0.29) is 5.56 Å². The van der Waals surface area contributed by atoms with Crippen molar-refractivity contribution in [2.24, 2.45) is 4.99 Å². The number of aliphatic imine (C=N–C) groups is 1. The van der Waals surface area contributed by atoms with Gasteiger partial charge in [0.2, 0.25) is 5.75 Å². The molecule has 0 atom stereocenters. The molecule has 0 saturated heterocycles. The van der Waals surface area contributed by atoms with Gasteiger partial charge < -0.3 is 9.84 Å². The number of aromatic hydroxyl groups is 1. The molecule has 0 aliphatic heterocycles. The number of phenols is 1. The smallest absolute Gasteiger partial charge is 0.312 e. The molecular weight excluding hydrogens is 376 g/mol. The molecule has 0 aromatic heterocycles. The highest BCUT2D eigenvalue weighted by Gasteiger charge is 2.17. The number of nitro benzene ring substituents is 1. The van der Waals surface area contributed by atoms with Crippen LogP contribution in [0.4, 0.5) is 11.4 Å². The van der Waals surface area contributed by atoms with Crippen LogP contribution < -0.4 is 4.74 Å². The van der Waals surface area contributed by atoms with Gasteiger partial charge in [0.05, 0.1) is 22.7 Å². The molecule has 0 fully saturated rings. The maximum Gasteiger partial charge on any atom is 0.312 e. The van der Waals surface area contributed by atoms with E-state index in [4.69, 9.17) is 16.3 Å². The SMILES string of the molecule is COc1ccc(N=Cc2cc(Br)cc([N+](=O)[O-])c2O)cc1Cl. The van der Waals surface area contributed by atoms with E-state index in [9.17, 15) is 15.2 Å². The summed E-state index contributed by atoms with van der Waals surface area (Å²) < 4.78 is 5.50. The number of ether oxygens (including phenoxy) is 1. The van der Waals surface area contributed by atoms with Gasteiger partial charge in [0.25, 0.3) is 0 Å². The Bertz CT molecular complexity index is 765. The standard InChI is InChI=1S/C14H10BrClN2O4/c1-22-13-3-2-10(6-11(13)16)17-7-8-4-9(15)5-12(14(8)19)18(20)21/h2-7,19H,1H3. The lowest BCUT2D eigenvalue weighted by molar-refractivity contribution is -0.385. The van der Waals surface area contributed by atoms with Crippen molar-refractivity contribution in [2.75, 3.05) is 7.11 Å². The minimum absolute atomic E-state index is 0.216. The number of phenolic OH excluding ortho intramolecular Hbond substituents is 1. The van der Waals surface area contributed by atoms with Crippen LogP contribution in [0.15, 0.2) is 39.8 Å². The maximum atomic E-state index is 10.9. The quantitative estimate of drug-likeness (QED) is 0.478. The average Bonchev–Trinajstić information content (AvgIpc) is 2.47. The lowest BCUT2D eigenvalue weighted by Crippen LogP contribution is -1.92. The molecule has 0 aliphatic carbocycles. The summed E-state index contributed by atoms with van der Waals surface area (Å²) in [6, 6.07) is 7.65. The van der Waals surface area contributed by atoms with Gasteiger partial charge in [-0.3, -0.25) is 15.1 Å². The van der Waals surface area contributed by atoms with Gasteiger partial charge in [-0.15, -0.1) is 0 Å². The van der Waals surface area contributed by atoms with Crippen LogP contribution in [0, 0.1) is 10.1 Å². The Hall–Kier alpha value is -2.12. The van der Waals surface area contributed by atoms with Gasteiger partial charge in [0.15, 0.2) is 0 Å². The van der Waals surface area contributed by atoms with Crippen molar-refractivity contribution >= 4 is 45.1 Å². The highest BCUT2D eigenvalue weighted by molar-refractivity contribution is 9.10. The van der Waals surface area contributed by atoms with Crippen molar-refractivity contribution in [3.05, 3.63) is 55.5 Å². The fraction of sp³-hybridized carbons (Fsp3) is 0.0714. The molecule has 0 bridgehead atoms. The molecule has 0 radical (unpaired) electrons. The van der Waals surface area contributed by atoms with Gasteiger partial charge in [-0.1, -0.05) is 27.5 Å². The first-order valence-corrected chi connectivity index (χ1v) is 7.14. The molecule has 0 saturated carbocycles. The molecule has 114 valence electrons. The van der Waals surface area contributed by atoms with Crippen LogP contribution in [0.2, 0.25) is 5.02 Å². The van der Waals surface area contributed by atoms with Crippen LogP contribution in [0.3, 0.4) is 0 Å². The molecule has 6 nitrogen and oxygen atoms in total. The number of halogens is 2. The summed E-state index contributed by atoms with van der Waals surface area (Å²) in [7, 11) is 1.50. The van der Waals surface area contributed by atoms with Crippen LogP contribution >= 0.6 is 27.5 Å². The number of rotatable bonds is 4. The Balaban J connectivity index is 2.38. The molecule has 0 spiro atoms. The fourth-order valence-electron chi connectivity index (χ4n) is 1.72. The summed E-state index contributed by atoms with van der Waals surface area (Å²) in [6.07, 6.45) is 1.32. The second-order valence-corrected chi connectivity index (χ2v) is 5.52. The minimum Gasteiger partial charge on any atom is -0.502 e. The van der Waals surface area contributed by atoms with Gasteiger partial charge in [-0.2, -0.15) is 0 Å². The van der Waals surface area contributed by atoms with Gasteiger partial charge in [0, 0.05) is 22.3 Å². The number of benzene rings is 2. The second kappa shape index (κ2) is 6.76. The number of hydrogen-bond donors (Lipinski definition) is 1. The van der Waals surface area contributed by atoms with Crippen molar-refractivity contribution in [2.45, 2.75) is 0 Å². The van der Waals surface area contributed by atoms with Crippen LogP contribution in [0.1, 0.15) is 5.56 Å². The molecule has 2 aromatic carbocycles. The Morgan fingerprint density at radius 3 is 2.73 bits per heavy atom. The van der Waals surface area contributed by atoms with E-state index in [1.807, 2.05) is 0 Å². The molecule has 0 amide bonds. The van der Waals surface area contributed by atoms with Gasteiger partial charge in [-0.05, 0) is 24.3 Å². The molecule has 0 aliphatic rings. The Morgan fingerprint density at radius 2 is 2.14 bits per heavy atom. The van der Waals surface area contributed by atoms with E-state index >= 15 is 0 Å². The Morgan fingerprint density at radius 1 is 1.41 bits per heavy atom. The van der Waals surface area contributed by atoms with E-state index in [2.05, 4.69) is 20.9 Å². The first-order valence-electron chi connectivity index (χ1n) is 5.97. The lowest BCUT2D eigenvalue weighted by atomic mass is 10.2. The third kappa shape index (κ3) is 3.55. The Labute approximate surface area is 139 Å². The molecule has 0 heterocycles. The summed E-state index contributed by atoms with van der Waals surface area (Å²) in [4.78, 5) is 14.3. The Kier molecular flexibility index (Phi) is 4.99. The molecule has 8 heteroatoms. The molecule has 22 heavy (non-hydrogen) atoms. The molecule has 2 rings (SSSR count). The van der Waals surface area contributed by atoms with E-state index in [0.29, 0.717) is 20.9 Å². The highest BCUT2D eigenvalue weighted by atomic mass is 79.9. The van der Waals surface area contributed by atoms with Crippen molar-refractivity contribution < 1.29 is 14.8 Å². The maximum absolute atomic E-state index is 10.9. The predicted molar refractivity (Wildman–Crippen MR) is 87.7 cm³/mol. The summed E-state index contributed by atoms with van der Waals surface area (Å²) in [5.74, 6) is 0.0677. The van der Waals surface area contributed by atoms with Crippen molar-refractivity contribution in [3.63, 3.8) is 0 Å². The number of hydrogen-bond acceptors (Lipinski definition) is 5. The molecule has 1 N–H and O–H groups in total. The normalized spacial score (nSPS) is 10.9. The van der Waals surface area contributed by atoms with Crippen LogP contribution in [-0.4, -0.2) is 23.4 Å². The van der Waals surface area contributed by atoms with Gasteiger partial charge in [-0.25, -0.2) is 0 Å². The molecule has 0 unspecified atom stereocenters. The minimum atomic E-state index is -0.665. The first-order chi connectivity index (χ1) is 10.4. The monoisotopic (exact) mass is 384 g/mol. The zero-order valence-electron chi connectivity index (χ0n) is 11.3. The first kappa shape index (κ1) is 16.3. The zero-order valence-corrected chi connectivity index (χ0v) is 13.6. The fourth-order valence-corrected chi connectivity index (χ4v) is 2.44. The van der Waals surface area contributed by atoms with Gasteiger partial charge >= 0.3 is 5.69 Å².